The van der Waals surface area contributed by atoms with Gasteiger partial charge in [0.05, 0.1) is 3.79 Å². The van der Waals surface area contributed by atoms with E-state index >= 15 is 0 Å². The minimum Gasteiger partial charge on any atom is -0.396 e. The molecule has 1 fully saturated rings. The molecule has 13 heavy (non-hydrogen) atoms. The van der Waals surface area contributed by atoms with E-state index in [2.05, 4.69) is 28.1 Å². The zero-order valence-corrected chi connectivity index (χ0v) is 9.77. The standard InChI is InChI=1S/C10H13BrOS/c11-10-4-3-9(13-10)8(5-6-12)7-1-2-7/h3-4,7-8,12H,1-2,5-6H2. The fourth-order valence-electron chi connectivity index (χ4n) is 1.78. The third kappa shape index (κ3) is 2.33. The second-order valence-corrected chi connectivity index (χ2v) is 6.09. The van der Waals surface area contributed by atoms with E-state index in [1.807, 2.05) is 11.3 Å². The lowest BCUT2D eigenvalue weighted by Gasteiger charge is -2.11. The van der Waals surface area contributed by atoms with Crippen LogP contribution in [0.15, 0.2) is 15.9 Å². The second kappa shape index (κ2) is 4.11. The van der Waals surface area contributed by atoms with Gasteiger partial charge in [-0.2, -0.15) is 0 Å². The molecule has 0 spiro atoms. The molecule has 1 unspecified atom stereocenters. The van der Waals surface area contributed by atoms with Crippen molar-refractivity contribution in [2.24, 2.45) is 5.92 Å². The van der Waals surface area contributed by atoms with Gasteiger partial charge in [-0.1, -0.05) is 0 Å². The first kappa shape index (κ1) is 9.69. The molecular weight excluding hydrogens is 248 g/mol. The van der Waals surface area contributed by atoms with E-state index in [0.29, 0.717) is 12.5 Å². The van der Waals surface area contributed by atoms with Crippen LogP contribution in [0.25, 0.3) is 0 Å². The summed E-state index contributed by atoms with van der Waals surface area (Å²) < 4.78 is 1.20. The van der Waals surface area contributed by atoms with Crippen LogP contribution in [0.3, 0.4) is 0 Å². The van der Waals surface area contributed by atoms with Crippen molar-refractivity contribution in [1.29, 1.82) is 0 Å². The molecule has 1 N–H and O–H groups in total. The van der Waals surface area contributed by atoms with Gasteiger partial charge in [0, 0.05) is 11.5 Å². The lowest BCUT2D eigenvalue weighted by molar-refractivity contribution is 0.270. The highest BCUT2D eigenvalue weighted by atomic mass is 79.9. The van der Waals surface area contributed by atoms with E-state index in [4.69, 9.17) is 5.11 Å². The van der Waals surface area contributed by atoms with Crippen LogP contribution in [-0.2, 0) is 0 Å². The molecule has 0 radical (unpaired) electrons. The minimum absolute atomic E-state index is 0.316. The number of aliphatic hydroxyl groups is 1. The van der Waals surface area contributed by atoms with Crippen LogP contribution in [0.4, 0.5) is 0 Å². The van der Waals surface area contributed by atoms with Crippen LogP contribution < -0.4 is 0 Å². The van der Waals surface area contributed by atoms with Crippen molar-refractivity contribution < 1.29 is 5.11 Å². The van der Waals surface area contributed by atoms with Gasteiger partial charge >= 0.3 is 0 Å². The maximum Gasteiger partial charge on any atom is 0.0701 e. The van der Waals surface area contributed by atoms with Gasteiger partial charge in [-0.15, -0.1) is 11.3 Å². The number of halogens is 1. The summed E-state index contributed by atoms with van der Waals surface area (Å²) in [7, 11) is 0. The van der Waals surface area contributed by atoms with Gasteiger partial charge in [0.15, 0.2) is 0 Å². The Bertz CT molecular complexity index is 280. The van der Waals surface area contributed by atoms with Crippen molar-refractivity contribution >= 4 is 27.3 Å². The maximum atomic E-state index is 8.97. The van der Waals surface area contributed by atoms with E-state index in [1.54, 1.807) is 0 Å². The largest absolute Gasteiger partial charge is 0.396 e. The summed E-state index contributed by atoms with van der Waals surface area (Å²) in [5.41, 5.74) is 0. The molecule has 0 saturated heterocycles. The van der Waals surface area contributed by atoms with Gasteiger partial charge < -0.3 is 5.11 Å². The molecule has 1 heterocycles. The zero-order chi connectivity index (χ0) is 9.26. The van der Waals surface area contributed by atoms with E-state index in [-0.39, 0.29) is 0 Å². The molecule has 1 aromatic heterocycles. The molecule has 1 aliphatic carbocycles. The third-order valence-corrected chi connectivity index (χ3v) is 4.35. The Hall–Kier alpha value is 0.140. The summed E-state index contributed by atoms with van der Waals surface area (Å²) in [5.74, 6) is 1.46. The highest BCUT2D eigenvalue weighted by Crippen LogP contribution is 2.46. The van der Waals surface area contributed by atoms with Crippen LogP contribution in [0, 0.1) is 5.92 Å². The van der Waals surface area contributed by atoms with E-state index < -0.39 is 0 Å². The van der Waals surface area contributed by atoms with Gasteiger partial charge in [-0.25, -0.2) is 0 Å². The first-order valence-electron chi connectivity index (χ1n) is 4.67. The highest BCUT2D eigenvalue weighted by molar-refractivity contribution is 9.11. The predicted octanol–water partition coefficient (Wildman–Crippen LogP) is 3.39. The Labute approximate surface area is 90.9 Å². The Balaban J connectivity index is 2.10. The summed E-state index contributed by atoms with van der Waals surface area (Å²) in [6, 6.07) is 4.29. The molecule has 1 nitrogen and oxygen atoms in total. The number of rotatable bonds is 4. The Morgan fingerprint density at radius 3 is 2.77 bits per heavy atom. The topological polar surface area (TPSA) is 20.2 Å². The summed E-state index contributed by atoms with van der Waals surface area (Å²) in [6.45, 7) is 0.316. The molecule has 1 atom stereocenters. The fourth-order valence-corrected chi connectivity index (χ4v) is 3.43. The SMILES string of the molecule is OCCC(c1ccc(Br)s1)C1CC1. The van der Waals surface area contributed by atoms with E-state index in [9.17, 15) is 0 Å². The van der Waals surface area contributed by atoms with Crippen molar-refractivity contribution in [3.63, 3.8) is 0 Å². The van der Waals surface area contributed by atoms with Crippen molar-refractivity contribution in [2.45, 2.75) is 25.2 Å². The Morgan fingerprint density at radius 2 is 2.31 bits per heavy atom. The first-order valence-corrected chi connectivity index (χ1v) is 6.28. The Morgan fingerprint density at radius 1 is 1.54 bits per heavy atom. The van der Waals surface area contributed by atoms with Crippen LogP contribution in [0.1, 0.15) is 30.1 Å². The molecule has 0 bridgehead atoms. The molecule has 0 amide bonds. The smallest absolute Gasteiger partial charge is 0.0701 e. The lowest BCUT2D eigenvalue weighted by Crippen LogP contribution is -2.01. The molecular formula is C10H13BrOS. The number of hydrogen-bond donors (Lipinski definition) is 1. The van der Waals surface area contributed by atoms with Gasteiger partial charge in [-0.05, 0) is 59.2 Å². The third-order valence-electron chi connectivity index (χ3n) is 2.59. The predicted molar refractivity (Wildman–Crippen MR) is 59.2 cm³/mol. The quantitative estimate of drug-likeness (QED) is 0.880. The van der Waals surface area contributed by atoms with Crippen LogP contribution in [0.5, 0.6) is 0 Å². The lowest BCUT2D eigenvalue weighted by atomic mass is 9.98. The normalized spacial score (nSPS) is 18.9. The maximum absolute atomic E-state index is 8.97. The Kier molecular flexibility index (Phi) is 3.06. The van der Waals surface area contributed by atoms with Crippen LogP contribution in [0.2, 0.25) is 0 Å². The molecule has 2 rings (SSSR count). The summed E-state index contributed by atoms with van der Waals surface area (Å²) >= 11 is 5.29. The van der Waals surface area contributed by atoms with Crippen LogP contribution in [-0.4, -0.2) is 11.7 Å². The molecule has 1 aromatic rings. The van der Waals surface area contributed by atoms with Gasteiger partial charge in [0.2, 0.25) is 0 Å². The minimum atomic E-state index is 0.316. The monoisotopic (exact) mass is 260 g/mol. The zero-order valence-electron chi connectivity index (χ0n) is 7.37. The molecule has 0 aliphatic heterocycles. The molecule has 72 valence electrons. The number of aliphatic hydroxyl groups excluding tert-OH is 1. The van der Waals surface area contributed by atoms with Crippen molar-refractivity contribution in [2.75, 3.05) is 6.61 Å². The average Bonchev–Trinajstić information content (AvgIpc) is 2.85. The second-order valence-electron chi connectivity index (χ2n) is 3.60. The average molecular weight is 261 g/mol. The van der Waals surface area contributed by atoms with Crippen LogP contribution >= 0.6 is 27.3 Å². The highest BCUT2D eigenvalue weighted by Gasteiger charge is 2.32. The summed E-state index contributed by atoms with van der Waals surface area (Å²) in [6.07, 6.45) is 3.62. The summed E-state index contributed by atoms with van der Waals surface area (Å²) in [4.78, 5) is 1.43. The number of hydrogen-bond acceptors (Lipinski definition) is 2. The molecule has 1 aliphatic rings. The van der Waals surface area contributed by atoms with Gasteiger partial charge in [-0.3, -0.25) is 0 Å². The molecule has 3 heteroatoms. The first-order chi connectivity index (χ1) is 6.31. The molecule has 0 aromatic carbocycles. The van der Waals surface area contributed by atoms with E-state index in [0.717, 1.165) is 12.3 Å². The van der Waals surface area contributed by atoms with Gasteiger partial charge in [0.1, 0.15) is 0 Å². The van der Waals surface area contributed by atoms with E-state index in [1.165, 1.54) is 21.5 Å². The number of thiophene rings is 1. The summed E-state index contributed by atoms with van der Waals surface area (Å²) in [5, 5.41) is 8.97. The molecule has 1 saturated carbocycles. The van der Waals surface area contributed by atoms with Crippen molar-refractivity contribution in [3.05, 3.63) is 20.8 Å². The van der Waals surface area contributed by atoms with Crippen molar-refractivity contribution in [1.82, 2.24) is 0 Å². The van der Waals surface area contributed by atoms with Crippen molar-refractivity contribution in [3.8, 4) is 0 Å². The van der Waals surface area contributed by atoms with Gasteiger partial charge in [0.25, 0.3) is 0 Å². The fraction of sp³-hybridized carbons (Fsp3) is 0.600.